The Morgan fingerprint density at radius 2 is 2.14 bits per heavy atom. The maximum Gasteiger partial charge on any atom is 0.357 e. The molecule has 0 saturated heterocycles. The number of nitrogens with one attached hydrogen (secondary N) is 1. The molecule has 0 aliphatic rings. The number of aryl methyl sites for hydroxylation is 1. The van der Waals surface area contributed by atoms with E-state index in [1.165, 1.54) is 30.1 Å². The molecule has 0 radical (unpaired) electrons. The average molecular weight is 325 g/mol. The number of benzene rings is 1. The van der Waals surface area contributed by atoms with Crippen LogP contribution in [-0.4, -0.2) is 31.7 Å². The van der Waals surface area contributed by atoms with Crippen molar-refractivity contribution in [3.05, 3.63) is 50.8 Å². The van der Waals surface area contributed by atoms with Crippen LogP contribution >= 0.6 is 11.6 Å². The van der Waals surface area contributed by atoms with Gasteiger partial charge in [0, 0.05) is 25.4 Å². The summed E-state index contributed by atoms with van der Waals surface area (Å²) in [6.45, 7) is 0. The van der Waals surface area contributed by atoms with Crippen LogP contribution in [-0.2, 0) is 7.05 Å². The van der Waals surface area contributed by atoms with Gasteiger partial charge in [0.15, 0.2) is 5.69 Å². The predicted molar refractivity (Wildman–Crippen MR) is 76.2 cm³/mol. The highest BCUT2D eigenvalue weighted by Gasteiger charge is 2.22. The summed E-state index contributed by atoms with van der Waals surface area (Å²) in [5.74, 6) is -2.08. The quantitative estimate of drug-likeness (QED) is 0.653. The molecule has 114 valence electrons. The van der Waals surface area contributed by atoms with Gasteiger partial charge >= 0.3 is 5.97 Å². The normalized spacial score (nSPS) is 10.3. The molecule has 2 aromatic rings. The number of nitro benzene ring substituents is 1. The van der Waals surface area contributed by atoms with Crippen LogP contribution in [0, 0.1) is 10.1 Å². The van der Waals surface area contributed by atoms with E-state index in [2.05, 4.69) is 10.4 Å². The summed E-state index contributed by atoms with van der Waals surface area (Å²) in [5.41, 5.74) is -0.657. The number of non-ortho nitro benzene ring substituents is 1. The van der Waals surface area contributed by atoms with Crippen molar-refractivity contribution < 1.29 is 19.6 Å². The van der Waals surface area contributed by atoms with E-state index in [1.54, 1.807) is 0 Å². The molecule has 1 aromatic heterocycles. The number of rotatable bonds is 4. The number of aromatic carboxylic acids is 1. The molecule has 0 aliphatic heterocycles. The first-order chi connectivity index (χ1) is 10.3. The van der Waals surface area contributed by atoms with E-state index in [1.807, 2.05) is 0 Å². The first-order valence-corrected chi connectivity index (χ1v) is 6.19. The van der Waals surface area contributed by atoms with Crippen LogP contribution in [0.4, 0.5) is 11.4 Å². The molecular formula is C12H9ClN4O5. The largest absolute Gasteiger partial charge is 0.476 e. The van der Waals surface area contributed by atoms with Crippen molar-refractivity contribution in [3.63, 3.8) is 0 Å². The number of amides is 1. The summed E-state index contributed by atoms with van der Waals surface area (Å²) in [4.78, 5) is 33.1. The van der Waals surface area contributed by atoms with E-state index in [4.69, 9.17) is 16.7 Å². The number of hydrogen-bond donors (Lipinski definition) is 2. The molecule has 0 spiro atoms. The molecule has 1 aromatic carbocycles. The number of nitro groups is 1. The van der Waals surface area contributed by atoms with Crippen LogP contribution in [0.3, 0.4) is 0 Å². The van der Waals surface area contributed by atoms with Crippen LogP contribution in [0.5, 0.6) is 0 Å². The lowest BCUT2D eigenvalue weighted by molar-refractivity contribution is -0.384. The molecule has 0 fully saturated rings. The number of carbonyl (C=O) groups is 2. The summed E-state index contributed by atoms with van der Waals surface area (Å²) in [6, 6.07) is 3.51. The van der Waals surface area contributed by atoms with Gasteiger partial charge in [0.1, 0.15) is 0 Å². The van der Waals surface area contributed by atoms with Crippen LogP contribution in [0.15, 0.2) is 24.4 Å². The highest BCUT2D eigenvalue weighted by Crippen LogP contribution is 2.27. The smallest absolute Gasteiger partial charge is 0.357 e. The third-order valence-electron chi connectivity index (χ3n) is 2.69. The molecule has 22 heavy (non-hydrogen) atoms. The maximum absolute atomic E-state index is 12.1. The van der Waals surface area contributed by atoms with Crippen LogP contribution < -0.4 is 5.32 Å². The molecule has 2 rings (SSSR count). The molecule has 1 amide bonds. The second kappa shape index (κ2) is 5.82. The Hall–Kier alpha value is -2.94. The number of anilines is 1. The van der Waals surface area contributed by atoms with Crippen LogP contribution in [0.1, 0.15) is 20.8 Å². The Morgan fingerprint density at radius 3 is 2.68 bits per heavy atom. The molecule has 0 atom stereocenters. The van der Waals surface area contributed by atoms with Gasteiger partial charge in [0.2, 0.25) is 0 Å². The van der Waals surface area contributed by atoms with Crippen molar-refractivity contribution in [1.29, 1.82) is 0 Å². The minimum Gasteiger partial charge on any atom is -0.476 e. The van der Waals surface area contributed by atoms with Crippen LogP contribution in [0.2, 0.25) is 5.02 Å². The van der Waals surface area contributed by atoms with E-state index < -0.39 is 22.5 Å². The average Bonchev–Trinajstić information content (AvgIpc) is 2.83. The van der Waals surface area contributed by atoms with Crippen molar-refractivity contribution in [3.8, 4) is 0 Å². The zero-order valence-electron chi connectivity index (χ0n) is 11.1. The van der Waals surface area contributed by atoms with Gasteiger partial charge in [-0.25, -0.2) is 4.79 Å². The third kappa shape index (κ3) is 3.04. The third-order valence-corrected chi connectivity index (χ3v) is 3.00. The zero-order chi connectivity index (χ0) is 16.4. The number of carboxylic acids is 1. The topological polar surface area (TPSA) is 127 Å². The van der Waals surface area contributed by atoms with Gasteiger partial charge in [-0.2, -0.15) is 5.10 Å². The fourth-order valence-electron chi connectivity index (χ4n) is 1.72. The van der Waals surface area contributed by atoms with Gasteiger partial charge in [-0.15, -0.1) is 0 Å². The van der Waals surface area contributed by atoms with E-state index in [0.29, 0.717) is 0 Å². The standard InChI is InChI=1S/C12H9ClN4O5/c1-16-5-7(10(15-16)12(19)20)11(18)14-9-3-2-6(17(21)22)4-8(9)13/h2-5H,1H3,(H,14,18)(H,19,20). The van der Waals surface area contributed by atoms with E-state index in [9.17, 15) is 19.7 Å². The van der Waals surface area contributed by atoms with Crippen molar-refractivity contribution in [2.75, 3.05) is 5.32 Å². The Bertz CT molecular complexity index is 786. The Kier molecular flexibility index (Phi) is 4.08. The second-order valence-corrected chi connectivity index (χ2v) is 4.65. The number of carbonyl (C=O) groups excluding carboxylic acids is 1. The summed E-state index contributed by atoms with van der Waals surface area (Å²) in [6.07, 6.45) is 1.25. The first-order valence-electron chi connectivity index (χ1n) is 5.82. The van der Waals surface area contributed by atoms with Crippen molar-refractivity contribution >= 4 is 34.9 Å². The van der Waals surface area contributed by atoms with Gasteiger partial charge < -0.3 is 10.4 Å². The Balaban J connectivity index is 2.30. The molecule has 0 unspecified atom stereocenters. The number of carboxylic acid groups (broad SMARTS) is 1. The molecule has 1 heterocycles. The maximum atomic E-state index is 12.1. The lowest BCUT2D eigenvalue weighted by atomic mass is 10.2. The number of aromatic nitrogens is 2. The Morgan fingerprint density at radius 1 is 1.45 bits per heavy atom. The number of hydrogen-bond acceptors (Lipinski definition) is 5. The highest BCUT2D eigenvalue weighted by atomic mass is 35.5. The lowest BCUT2D eigenvalue weighted by Gasteiger charge is -2.06. The highest BCUT2D eigenvalue weighted by molar-refractivity contribution is 6.34. The zero-order valence-corrected chi connectivity index (χ0v) is 11.9. The molecule has 0 bridgehead atoms. The van der Waals surface area contributed by atoms with Gasteiger partial charge in [-0.3, -0.25) is 19.6 Å². The van der Waals surface area contributed by atoms with Crippen molar-refractivity contribution in [2.45, 2.75) is 0 Å². The fraction of sp³-hybridized carbons (Fsp3) is 0.0833. The van der Waals surface area contributed by atoms with Gasteiger partial charge in [-0.05, 0) is 6.07 Å². The predicted octanol–water partition coefficient (Wildman–Crippen LogP) is 1.93. The van der Waals surface area contributed by atoms with Crippen LogP contribution in [0.25, 0.3) is 0 Å². The summed E-state index contributed by atoms with van der Waals surface area (Å²) >= 11 is 5.86. The van der Waals surface area contributed by atoms with Crippen molar-refractivity contribution in [2.24, 2.45) is 7.05 Å². The molecule has 0 aliphatic carbocycles. The lowest BCUT2D eigenvalue weighted by Crippen LogP contribution is -2.15. The number of nitrogens with zero attached hydrogens (tertiary/aromatic N) is 3. The van der Waals surface area contributed by atoms with E-state index in [0.717, 1.165) is 6.07 Å². The van der Waals surface area contributed by atoms with Gasteiger partial charge in [0.05, 0.1) is 21.2 Å². The van der Waals surface area contributed by atoms with E-state index >= 15 is 0 Å². The summed E-state index contributed by atoms with van der Waals surface area (Å²) in [7, 11) is 1.47. The number of halogens is 1. The minimum absolute atomic E-state index is 0.0386. The van der Waals surface area contributed by atoms with Gasteiger partial charge in [-0.1, -0.05) is 11.6 Å². The summed E-state index contributed by atoms with van der Waals surface area (Å²) < 4.78 is 1.19. The fourth-order valence-corrected chi connectivity index (χ4v) is 1.94. The van der Waals surface area contributed by atoms with E-state index in [-0.39, 0.29) is 22.0 Å². The molecule has 9 nitrogen and oxygen atoms in total. The first kappa shape index (κ1) is 15.4. The Labute approximate surface area is 128 Å². The van der Waals surface area contributed by atoms with Crippen molar-refractivity contribution in [1.82, 2.24) is 9.78 Å². The SMILES string of the molecule is Cn1cc(C(=O)Nc2ccc([N+](=O)[O-])cc2Cl)c(C(=O)O)n1. The molecule has 10 heteroatoms. The molecule has 0 saturated carbocycles. The summed E-state index contributed by atoms with van der Waals surface area (Å²) in [5, 5.41) is 25.6. The van der Waals surface area contributed by atoms with Gasteiger partial charge in [0.25, 0.3) is 11.6 Å². The monoisotopic (exact) mass is 324 g/mol. The molecule has 2 N–H and O–H groups in total. The minimum atomic E-state index is -1.35. The molecular weight excluding hydrogens is 316 g/mol. The second-order valence-electron chi connectivity index (χ2n) is 4.25.